The Kier molecular flexibility index (Phi) is 4.74. The van der Waals surface area contributed by atoms with Crippen LogP contribution in [0.3, 0.4) is 0 Å². The third-order valence-electron chi connectivity index (χ3n) is 4.56. The molecule has 1 aliphatic heterocycles. The smallest absolute Gasteiger partial charge is 0.414 e. The Morgan fingerprint density at radius 2 is 1.97 bits per heavy atom. The summed E-state index contributed by atoms with van der Waals surface area (Å²) in [5, 5.41) is 5.38. The molecule has 12 heteroatoms. The lowest BCUT2D eigenvalue weighted by molar-refractivity contribution is 0.141. The van der Waals surface area contributed by atoms with Crippen LogP contribution in [0.4, 0.5) is 19.3 Å². The lowest BCUT2D eigenvalue weighted by Gasteiger charge is -2.30. The Morgan fingerprint density at radius 1 is 1.27 bits per heavy atom. The zero-order valence-corrected chi connectivity index (χ0v) is 16.2. The van der Waals surface area contributed by atoms with E-state index in [9.17, 15) is 22.0 Å². The molecule has 2 aromatic heterocycles. The maximum absolute atomic E-state index is 14.5. The number of methoxy groups -OCH3 is 1. The zero-order chi connectivity index (χ0) is 21.6. The molecule has 0 saturated carbocycles. The number of rotatable bonds is 4. The number of nitrogens with zero attached hydrogens (tertiary/aromatic N) is 3. The fourth-order valence-electron chi connectivity index (χ4n) is 3.13. The first-order valence-corrected chi connectivity index (χ1v) is 10.0. The van der Waals surface area contributed by atoms with Gasteiger partial charge in [0.2, 0.25) is 15.9 Å². The Morgan fingerprint density at radius 3 is 2.60 bits per heavy atom. The number of hydrogen-bond donors (Lipinski definition) is 1. The Labute approximate surface area is 169 Å². The molecular formula is C18H14F2N4O5S. The quantitative estimate of drug-likeness (QED) is 0.665. The fraction of sp³-hybridized carbons (Fsp3) is 0.167. The molecule has 0 atom stereocenters. The van der Waals surface area contributed by atoms with Gasteiger partial charge in [-0.1, -0.05) is 0 Å². The maximum atomic E-state index is 14.5. The molecule has 2 N–H and O–H groups in total. The number of hydrogen-bond acceptors (Lipinski definition) is 7. The predicted octanol–water partition coefficient (Wildman–Crippen LogP) is 2.22. The van der Waals surface area contributed by atoms with Crippen LogP contribution in [0.2, 0.25) is 0 Å². The van der Waals surface area contributed by atoms with Gasteiger partial charge in [-0.2, -0.15) is 4.98 Å². The van der Waals surface area contributed by atoms with E-state index in [1.54, 1.807) is 12.1 Å². The lowest BCUT2D eigenvalue weighted by Crippen LogP contribution is -2.36. The molecule has 0 aliphatic carbocycles. The summed E-state index contributed by atoms with van der Waals surface area (Å²) in [5.74, 6) is -2.04. The molecule has 4 rings (SSSR count). The third-order valence-corrected chi connectivity index (χ3v) is 5.45. The van der Waals surface area contributed by atoms with Crippen molar-refractivity contribution in [3.8, 4) is 5.88 Å². The molecular weight excluding hydrogens is 422 g/mol. The summed E-state index contributed by atoms with van der Waals surface area (Å²) in [7, 11) is -2.87. The maximum Gasteiger partial charge on any atom is 0.414 e. The number of carbonyl (C=O) groups is 1. The van der Waals surface area contributed by atoms with Crippen LogP contribution in [0.1, 0.15) is 11.1 Å². The highest BCUT2D eigenvalue weighted by Crippen LogP contribution is 2.35. The first kappa shape index (κ1) is 19.9. The number of carbonyl (C=O) groups excluding carboxylic acids is 1. The lowest BCUT2D eigenvalue weighted by atomic mass is 10.1. The van der Waals surface area contributed by atoms with Crippen molar-refractivity contribution < 1.29 is 31.5 Å². The van der Waals surface area contributed by atoms with Crippen LogP contribution in [0, 0.1) is 11.6 Å². The number of primary sulfonamides is 1. The monoisotopic (exact) mass is 436 g/mol. The molecule has 3 heterocycles. The van der Waals surface area contributed by atoms with Crippen LogP contribution in [0.25, 0.3) is 11.0 Å². The van der Waals surface area contributed by atoms with E-state index >= 15 is 0 Å². The van der Waals surface area contributed by atoms with E-state index in [1.807, 2.05) is 0 Å². The highest BCUT2D eigenvalue weighted by molar-refractivity contribution is 7.89. The van der Waals surface area contributed by atoms with Crippen LogP contribution >= 0.6 is 0 Å². The minimum Gasteiger partial charge on any atom is -0.481 e. The van der Waals surface area contributed by atoms with Gasteiger partial charge >= 0.3 is 6.09 Å². The molecule has 30 heavy (non-hydrogen) atoms. The van der Waals surface area contributed by atoms with Gasteiger partial charge in [0.1, 0.15) is 18.2 Å². The van der Waals surface area contributed by atoms with E-state index in [-0.39, 0.29) is 12.3 Å². The van der Waals surface area contributed by atoms with E-state index in [4.69, 9.17) is 14.6 Å². The second kappa shape index (κ2) is 7.15. The van der Waals surface area contributed by atoms with Gasteiger partial charge in [0.05, 0.1) is 24.2 Å². The van der Waals surface area contributed by atoms with Gasteiger partial charge in [-0.05, 0) is 18.2 Å². The normalized spacial score (nSPS) is 13.9. The van der Waals surface area contributed by atoms with Crippen LogP contribution in [0.15, 0.2) is 35.4 Å². The van der Waals surface area contributed by atoms with Gasteiger partial charge < -0.3 is 9.47 Å². The Bertz CT molecular complexity index is 1280. The molecule has 1 aliphatic rings. The second-order valence-corrected chi connectivity index (χ2v) is 7.97. The van der Waals surface area contributed by atoms with Gasteiger partial charge in [0, 0.05) is 28.8 Å². The molecule has 9 nitrogen and oxygen atoms in total. The Balaban J connectivity index is 1.84. The van der Waals surface area contributed by atoms with Crippen molar-refractivity contribution in [1.82, 2.24) is 9.97 Å². The average molecular weight is 436 g/mol. The fourth-order valence-corrected chi connectivity index (χ4v) is 3.67. The number of benzene rings is 1. The number of nitrogens with two attached hydrogens (primary N) is 1. The van der Waals surface area contributed by atoms with E-state index in [0.717, 1.165) is 4.90 Å². The minimum atomic E-state index is -4.31. The van der Waals surface area contributed by atoms with Gasteiger partial charge in [-0.25, -0.2) is 32.1 Å². The average Bonchev–Trinajstić information content (AvgIpc) is 2.70. The molecule has 0 unspecified atom stereocenters. The number of aromatic nitrogens is 2. The standard InChI is InChI=1S/C18H14F2N4O5S/c1-28-15-3-2-11-16-9(6-22-17(11)23-15)8-29-18(25)24(16)7-12-13(19)4-10(5-14(12)20)30(21,26)27/h2-6H,7-8H2,1H3,(H2,21,26,27). The molecule has 1 aromatic carbocycles. The van der Waals surface area contributed by atoms with Crippen molar-refractivity contribution in [1.29, 1.82) is 0 Å². The van der Waals surface area contributed by atoms with E-state index in [0.29, 0.717) is 34.6 Å². The number of ether oxygens (including phenoxy) is 2. The number of amides is 1. The number of anilines is 1. The van der Waals surface area contributed by atoms with Crippen LogP contribution in [-0.4, -0.2) is 31.6 Å². The third kappa shape index (κ3) is 3.39. The van der Waals surface area contributed by atoms with Gasteiger partial charge in [-0.15, -0.1) is 0 Å². The van der Waals surface area contributed by atoms with Crippen molar-refractivity contribution in [2.75, 3.05) is 12.0 Å². The van der Waals surface area contributed by atoms with Crippen molar-refractivity contribution >= 4 is 32.8 Å². The summed E-state index contributed by atoms with van der Waals surface area (Å²) < 4.78 is 62.0. The summed E-state index contributed by atoms with van der Waals surface area (Å²) in [6.45, 7) is -0.630. The molecule has 0 fully saturated rings. The van der Waals surface area contributed by atoms with E-state index < -0.39 is 44.8 Å². The largest absolute Gasteiger partial charge is 0.481 e. The van der Waals surface area contributed by atoms with Gasteiger partial charge in [-0.3, -0.25) is 4.90 Å². The predicted molar refractivity (Wildman–Crippen MR) is 100 cm³/mol. The molecule has 0 bridgehead atoms. The summed E-state index contributed by atoms with van der Waals surface area (Å²) in [6.07, 6.45) is 0.612. The topological polar surface area (TPSA) is 125 Å². The van der Waals surface area contributed by atoms with Crippen molar-refractivity contribution in [2.45, 2.75) is 18.0 Å². The number of cyclic esters (lactones) is 1. The molecule has 0 saturated heterocycles. The first-order chi connectivity index (χ1) is 14.2. The summed E-state index contributed by atoms with van der Waals surface area (Å²) in [6, 6.07) is 4.38. The second-order valence-electron chi connectivity index (χ2n) is 6.41. The van der Waals surface area contributed by atoms with Gasteiger partial charge in [0.25, 0.3) is 0 Å². The van der Waals surface area contributed by atoms with Crippen LogP contribution < -0.4 is 14.8 Å². The Hall–Kier alpha value is -3.38. The van der Waals surface area contributed by atoms with E-state index in [1.165, 1.54) is 13.3 Å². The van der Waals surface area contributed by atoms with Crippen molar-refractivity contribution in [2.24, 2.45) is 5.14 Å². The number of halogens is 2. The summed E-state index contributed by atoms with van der Waals surface area (Å²) >= 11 is 0. The highest BCUT2D eigenvalue weighted by Gasteiger charge is 2.31. The number of pyridine rings is 2. The van der Waals surface area contributed by atoms with Crippen molar-refractivity contribution in [3.05, 3.63) is 53.2 Å². The van der Waals surface area contributed by atoms with Gasteiger partial charge in [0.15, 0.2) is 5.65 Å². The molecule has 3 aromatic rings. The summed E-state index contributed by atoms with van der Waals surface area (Å²) in [5.41, 5.74) is 0.578. The van der Waals surface area contributed by atoms with E-state index in [2.05, 4.69) is 9.97 Å². The number of fused-ring (bicyclic) bond motifs is 3. The number of sulfonamides is 1. The first-order valence-electron chi connectivity index (χ1n) is 8.46. The molecule has 156 valence electrons. The molecule has 0 spiro atoms. The molecule has 0 radical (unpaired) electrons. The van der Waals surface area contributed by atoms with Crippen molar-refractivity contribution in [3.63, 3.8) is 0 Å². The minimum absolute atomic E-state index is 0.0744. The molecule has 1 amide bonds. The zero-order valence-electron chi connectivity index (χ0n) is 15.4. The SMILES string of the molecule is COc1ccc2c3c(cnc2n1)COC(=O)N3Cc1c(F)cc(S(N)(=O)=O)cc1F. The van der Waals surface area contributed by atoms with Crippen LogP contribution in [-0.2, 0) is 27.9 Å². The van der Waals surface area contributed by atoms with Crippen LogP contribution in [0.5, 0.6) is 5.88 Å². The highest BCUT2D eigenvalue weighted by atomic mass is 32.2. The summed E-state index contributed by atoms with van der Waals surface area (Å²) in [4.78, 5) is 21.2.